The number of thiocarbonyl (C=S) groups is 1. The van der Waals surface area contributed by atoms with Crippen molar-refractivity contribution >= 4 is 28.9 Å². The Kier molecular flexibility index (Phi) is 6.35. The second-order valence-electron chi connectivity index (χ2n) is 6.49. The molecule has 0 aliphatic carbocycles. The summed E-state index contributed by atoms with van der Waals surface area (Å²) in [6.45, 7) is 12.9. The predicted octanol–water partition coefficient (Wildman–Crippen LogP) is 3.24. The molecule has 0 spiro atoms. The lowest BCUT2D eigenvalue weighted by atomic mass is 10.1. The zero-order valence-corrected chi connectivity index (χ0v) is 15.2. The lowest BCUT2D eigenvalue weighted by Crippen LogP contribution is -2.48. The normalized spacial score (nSPS) is 11.0. The molecule has 0 aliphatic heterocycles. The highest BCUT2D eigenvalue weighted by Crippen LogP contribution is 2.18. The van der Waals surface area contributed by atoms with Crippen LogP contribution in [0.2, 0.25) is 0 Å². The third kappa shape index (κ3) is 5.64. The van der Waals surface area contributed by atoms with Crippen LogP contribution in [0.5, 0.6) is 0 Å². The molecule has 0 aliphatic rings. The van der Waals surface area contributed by atoms with E-state index in [-0.39, 0.29) is 18.0 Å². The molecule has 0 radical (unpaired) electrons. The van der Waals surface area contributed by atoms with Gasteiger partial charge in [0.05, 0.1) is 6.54 Å². The third-order valence-corrected chi connectivity index (χ3v) is 3.72. The van der Waals surface area contributed by atoms with E-state index in [0.29, 0.717) is 11.7 Å². The van der Waals surface area contributed by atoms with Crippen LogP contribution in [0.3, 0.4) is 0 Å². The zero-order chi connectivity index (χ0) is 16.9. The highest BCUT2D eigenvalue weighted by atomic mass is 32.1. The Bertz CT molecular complexity index is 549. The van der Waals surface area contributed by atoms with Crippen LogP contribution in [0.1, 0.15) is 38.8 Å². The molecule has 0 saturated heterocycles. The third-order valence-electron chi connectivity index (χ3n) is 3.36. The summed E-state index contributed by atoms with van der Waals surface area (Å²) in [5.41, 5.74) is 3.12. The Balaban J connectivity index is 2.73. The van der Waals surface area contributed by atoms with Gasteiger partial charge in [0.1, 0.15) is 0 Å². The molecule has 0 aromatic heterocycles. The van der Waals surface area contributed by atoms with Crippen molar-refractivity contribution in [2.45, 2.75) is 47.1 Å². The summed E-state index contributed by atoms with van der Waals surface area (Å²) in [5, 5.41) is 6.77. The fraction of sp³-hybridized carbons (Fsp3) is 0.529. The molecule has 0 bridgehead atoms. The van der Waals surface area contributed by atoms with Crippen LogP contribution in [0.25, 0.3) is 0 Å². The van der Waals surface area contributed by atoms with E-state index in [1.807, 2.05) is 44.7 Å². The van der Waals surface area contributed by atoms with E-state index >= 15 is 0 Å². The Hall–Kier alpha value is -1.62. The summed E-state index contributed by atoms with van der Waals surface area (Å²) in [5.74, 6) is -0.0283. The van der Waals surface area contributed by atoms with Crippen molar-refractivity contribution < 1.29 is 4.79 Å². The van der Waals surface area contributed by atoms with Crippen molar-refractivity contribution in [2.75, 3.05) is 18.4 Å². The number of anilines is 1. The number of likely N-dealkylation sites (N-methyl/N-ethyl adjacent to an activating group) is 1. The van der Waals surface area contributed by atoms with Gasteiger partial charge < -0.3 is 15.5 Å². The number of hydrogen-bond acceptors (Lipinski definition) is 2. The van der Waals surface area contributed by atoms with Gasteiger partial charge >= 0.3 is 0 Å². The fourth-order valence-electron chi connectivity index (χ4n) is 2.04. The Morgan fingerprint density at radius 2 is 1.91 bits per heavy atom. The minimum atomic E-state index is -0.237. The summed E-state index contributed by atoms with van der Waals surface area (Å²) < 4.78 is 0. The first-order valence-electron chi connectivity index (χ1n) is 7.57. The molecule has 4 nitrogen and oxygen atoms in total. The van der Waals surface area contributed by atoms with E-state index in [2.05, 4.69) is 30.5 Å². The molecule has 0 heterocycles. The summed E-state index contributed by atoms with van der Waals surface area (Å²) in [4.78, 5) is 13.9. The Morgan fingerprint density at radius 1 is 1.27 bits per heavy atom. The minimum absolute atomic E-state index is 0.0283. The summed E-state index contributed by atoms with van der Waals surface area (Å²) in [6.07, 6.45) is 0. The van der Waals surface area contributed by atoms with Crippen molar-refractivity contribution in [1.29, 1.82) is 0 Å². The number of aryl methyl sites for hydroxylation is 1. The largest absolute Gasteiger partial charge is 0.350 e. The van der Waals surface area contributed by atoms with Crippen molar-refractivity contribution in [2.24, 2.45) is 0 Å². The summed E-state index contributed by atoms with van der Waals surface area (Å²) in [7, 11) is 0. The molecule has 1 aromatic carbocycles. The van der Waals surface area contributed by atoms with Crippen LogP contribution in [0.4, 0.5) is 5.69 Å². The van der Waals surface area contributed by atoms with Crippen molar-refractivity contribution in [1.82, 2.24) is 10.2 Å². The van der Waals surface area contributed by atoms with E-state index in [1.165, 1.54) is 11.1 Å². The lowest BCUT2D eigenvalue weighted by Gasteiger charge is -2.27. The van der Waals surface area contributed by atoms with E-state index in [1.54, 1.807) is 0 Å². The van der Waals surface area contributed by atoms with Crippen molar-refractivity contribution in [3.05, 3.63) is 29.3 Å². The Morgan fingerprint density at radius 3 is 2.45 bits per heavy atom. The molecule has 1 aromatic rings. The Labute approximate surface area is 139 Å². The highest BCUT2D eigenvalue weighted by molar-refractivity contribution is 7.80. The van der Waals surface area contributed by atoms with Gasteiger partial charge in [0.25, 0.3) is 0 Å². The van der Waals surface area contributed by atoms with E-state index in [9.17, 15) is 4.79 Å². The first-order valence-corrected chi connectivity index (χ1v) is 7.98. The van der Waals surface area contributed by atoms with Crippen LogP contribution in [0, 0.1) is 13.8 Å². The van der Waals surface area contributed by atoms with Crippen LogP contribution in [0.15, 0.2) is 18.2 Å². The molecule has 0 fully saturated rings. The maximum Gasteiger partial charge on any atom is 0.240 e. The molecule has 0 atom stereocenters. The molecule has 0 saturated carbocycles. The number of rotatable bonds is 4. The maximum atomic E-state index is 12.1. The van der Waals surface area contributed by atoms with Crippen LogP contribution in [-0.4, -0.2) is 34.5 Å². The summed E-state index contributed by atoms with van der Waals surface area (Å²) in [6, 6.07) is 6.06. The summed E-state index contributed by atoms with van der Waals surface area (Å²) >= 11 is 5.45. The molecule has 1 amide bonds. The number of hydrogen-bond donors (Lipinski definition) is 2. The first kappa shape index (κ1) is 18.4. The smallest absolute Gasteiger partial charge is 0.240 e. The standard InChI is InChI=1S/C17H27N3OS/c1-7-20(11-15(21)19-17(4,5)6)16(22)18-14-10-8-9-12(2)13(14)3/h8-10H,7,11H2,1-6H3,(H,18,22)(H,19,21). The van der Waals surface area contributed by atoms with Crippen molar-refractivity contribution in [3.63, 3.8) is 0 Å². The molecule has 5 heteroatoms. The number of carbonyl (C=O) groups is 1. The molecule has 122 valence electrons. The van der Waals surface area contributed by atoms with Gasteiger partial charge in [0.15, 0.2) is 5.11 Å². The van der Waals surface area contributed by atoms with E-state index in [4.69, 9.17) is 12.2 Å². The van der Waals surface area contributed by atoms with Gasteiger partial charge in [-0.1, -0.05) is 12.1 Å². The lowest BCUT2D eigenvalue weighted by molar-refractivity contribution is -0.122. The highest BCUT2D eigenvalue weighted by Gasteiger charge is 2.18. The molecule has 2 N–H and O–H groups in total. The van der Waals surface area contributed by atoms with Crippen molar-refractivity contribution in [3.8, 4) is 0 Å². The van der Waals surface area contributed by atoms with Gasteiger partial charge in [-0.3, -0.25) is 4.79 Å². The fourth-order valence-corrected chi connectivity index (χ4v) is 2.34. The predicted molar refractivity (Wildman–Crippen MR) is 97.3 cm³/mol. The molecule has 0 unspecified atom stereocenters. The molecular weight excluding hydrogens is 294 g/mol. The van der Waals surface area contributed by atoms with E-state index in [0.717, 1.165) is 5.69 Å². The van der Waals surface area contributed by atoms with Crippen LogP contribution >= 0.6 is 12.2 Å². The van der Waals surface area contributed by atoms with Gasteiger partial charge in [0, 0.05) is 17.8 Å². The monoisotopic (exact) mass is 321 g/mol. The van der Waals surface area contributed by atoms with Crippen LogP contribution < -0.4 is 10.6 Å². The van der Waals surface area contributed by atoms with Crippen LogP contribution in [-0.2, 0) is 4.79 Å². The average molecular weight is 321 g/mol. The zero-order valence-electron chi connectivity index (χ0n) is 14.4. The molecular formula is C17H27N3OS. The van der Waals surface area contributed by atoms with Gasteiger partial charge in [-0.05, 0) is 71.0 Å². The quantitative estimate of drug-likeness (QED) is 0.836. The topological polar surface area (TPSA) is 44.4 Å². The number of nitrogens with one attached hydrogen (secondary N) is 2. The van der Waals surface area contributed by atoms with Gasteiger partial charge in [-0.25, -0.2) is 0 Å². The minimum Gasteiger partial charge on any atom is -0.350 e. The second kappa shape index (κ2) is 7.58. The number of carbonyl (C=O) groups excluding carboxylic acids is 1. The first-order chi connectivity index (χ1) is 10.1. The number of nitrogens with zero attached hydrogens (tertiary/aromatic N) is 1. The van der Waals surface area contributed by atoms with Gasteiger partial charge in [0.2, 0.25) is 5.91 Å². The second-order valence-corrected chi connectivity index (χ2v) is 6.88. The SMILES string of the molecule is CCN(CC(=O)NC(C)(C)C)C(=S)Nc1cccc(C)c1C. The number of benzene rings is 1. The van der Waals surface area contributed by atoms with E-state index < -0.39 is 0 Å². The average Bonchev–Trinajstić information content (AvgIpc) is 2.39. The maximum absolute atomic E-state index is 12.1. The number of amides is 1. The van der Waals surface area contributed by atoms with Gasteiger partial charge in [-0.2, -0.15) is 0 Å². The van der Waals surface area contributed by atoms with Gasteiger partial charge in [-0.15, -0.1) is 0 Å². The molecule has 22 heavy (non-hydrogen) atoms. The molecule has 1 rings (SSSR count).